The molecule has 0 heterocycles. The highest BCUT2D eigenvalue weighted by atomic mass is 31.2. The van der Waals surface area contributed by atoms with Gasteiger partial charge in [-0.25, -0.2) is 9.13 Å². The van der Waals surface area contributed by atoms with Gasteiger partial charge >= 0.3 is 39.5 Å². The maximum Gasteiger partial charge on any atom is 0.472 e. The third-order valence-electron chi connectivity index (χ3n) is 15.6. The number of unbranched alkanes of at least 4 members (excludes halogenated alkanes) is 34. The molecule has 0 aromatic carbocycles. The van der Waals surface area contributed by atoms with Gasteiger partial charge in [0.05, 0.1) is 26.4 Å². The Hall–Kier alpha value is -1.94. The second-order valence-electron chi connectivity index (χ2n) is 26.0. The summed E-state index contributed by atoms with van der Waals surface area (Å²) in [5.74, 6) is 0.0749. The van der Waals surface area contributed by atoms with Crippen molar-refractivity contribution in [3.63, 3.8) is 0 Å². The van der Waals surface area contributed by atoms with Gasteiger partial charge in [-0.15, -0.1) is 0 Å². The van der Waals surface area contributed by atoms with Gasteiger partial charge < -0.3 is 33.8 Å². The molecule has 516 valence electrons. The van der Waals surface area contributed by atoms with Gasteiger partial charge in [-0.3, -0.25) is 37.3 Å². The van der Waals surface area contributed by atoms with E-state index in [1.165, 1.54) is 135 Å². The van der Waals surface area contributed by atoms with E-state index in [4.69, 9.17) is 37.0 Å². The van der Waals surface area contributed by atoms with Gasteiger partial charge in [-0.05, 0) is 43.4 Å². The zero-order valence-electron chi connectivity index (χ0n) is 56.5. The summed E-state index contributed by atoms with van der Waals surface area (Å²) >= 11 is 0. The molecule has 0 aliphatic rings. The van der Waals surface area contributed by atoms with E-state index in [2.05, 4.69) is 48.5 Å². The Morgan fingerprint density at radius 1 is 0.310 bits per heavy atom. The van der Waals surface area contributed by atoms with Crippen molar-refractivity contribution in [1.82, 2.24) is 0 Å². The van der Waals surface area contributed by atoms with Crippen LogP contribution in [0.15, 0.2) is 0 Å². The Labute approximate surface area is 530 Å². The molecular formula is C68H132O17P2. The van der Waals surface area contributed by atoms with Crippen molar-refractivity contribution < 1.29 is 80.2 Å². The van der Waals surface area contributed by atoms with Crippen LogP contribution >= 0.6 is 15.6 Å². The number of ether oxygens (including phenoxy) is 4. The van der Waals surface area contributed by atoms with Crippen molar-refractivity contribution in [2.24, 2.45) is 17.8 Å². The molecule has 0 aromatic heterocycles. The molecule has 5 atom stereocenters. The minimum absolute atomic E-state index is 0.103. The van der Waals surface area contributed by atoms with E-state index in [1.807, 2.05) is 0 Å². The lowest BCUT2D eigenvalue weighted by atomic mass is 10.0. The predicted molar refractivity (Wildman–Crippen MR) is 349 cm³/mol. The van der Waals surface area contributed by atoms with Crippen LogP contribution in [0.1, 0.15) is 337 Å². The van der Waals surface area contributed by atoms with Gasteiger partial charge in [-0.2, -0.15) is 0 Å². The fourth-order valence-electron chi connectivity index (χ4n) is 10.2. The summed E-state index contributed by atoms with van der Waals surface area (Å²) in [4.78, 5) is 72.3. The van der Waals surface area contributed by atoms with E-state index in [0.29, 0.717) is 37.5 Å². The standard InChI is InChI=1S/C68H132O17P2/c1-8-9-10-11-12-28-35-42-49-65(70)78-55-64(85-68(73)52-45-38-31-24-27-34-41-48-61(6)7)58-83-87(76,77)81-54-62(69)53-80-86(74,75)82-57-63(56-79-66(71)50-43-36-30-23-26-33-40-47-60(4)5)84-67(72)51-44-37-29-22-20-18-16-14-13-15-17-19-21-25-32-39-46-59(2)3/h59-64,69H,8-58H2,1-7H3,(H,74,75)(H,76,77)/t62-,63-,64-/m1/s1. The molecule has 87 heavy (non-hydrogen) atoms. The van der Waals surface area contributed by atoms with E-state index in [1.54, 1.807) is 0 Å². The van der Waals surface area contributed by atoms with Crippen molar-refractivity contribution >= 4 is 39.5 Å². The molecule has 2 unspecified atom stereocenters. The van der Waals surface area contributed by atoms with Crippen molar-refractivity contribution in [3.05, 3.63) is 0 Å². The molecule has 0 aromatic rings. The van der Waals surface area contributed by atoms with Gasteiger partial charge in [0.15, 0.2) is 12.2 Å². The molecule has 0 aliphatic heterocycles. The van der Waals surface area contributed by atoms with Crippen LogP contribution in [0.5, 0.6) is 0 Å². The Morgan fingerprint density at radius 3 is 0.782 bits per heavy atom. The van der Waals surface area contributed by atoms with Crippen LogP contribution in [0, 0.1) is 17.8 Å². The number of hydrogen-bond donors (Lipinski definition) is 3. The van der Waals surface area contributed by atoms with E-state index < -0.39 is 97.5 Å². The minimum Gasteiger partial charge on any atom is -0.462 e. The summed E-state index contributed by atoms with van der Waals surface area (Å²) in [6.45, 7) is 11.7. The van der Waals surface area contributed by atoms with Crippen LogP contribution in [0.25, 0.3) is 0 Å². The number of hydrogen-bond acceptors (Lipinski definition) is 15. The molecule has 0 bridgehead atoms. The number of esters is 4. The van der Waals surface area contributed by atoms with Crippen molar-refractivity contribution in [2.45, 2.75) is 356 Å². The zero-order valence-corrected chi connectivity index (χ0v) is 58.3. The van der Waals surface area contributed by atoms with Crippen molar-refractivity contribution in [1.29, 1.82) is 0 Å². The van der Waals surface area contributed by atoms with Crippen LogP contribution in [-0.4, -0.2) is 96.7 Å². The summed E-state index contributed by atoms with van der Waals surface area (Å²) in [7, 11) is -9.89. The molecule has 0 rings (SSSR count). The lowest BCUT2D eigenvalue weighted by Crippen LogP contribution is -2.30. The number of rotatable bonds is 66. The predicted octanol–water partition coefficient (Wildman–Crippen LogP) is 19.1. The fraction of sp³-hybridized carbons (Fsp3) is 0.941. The first-order valence-electron chi connectivity index (χ1n) is 35.3. The molecule has 0 radical (unpaired) electrons. The average Bonchev–Trinajstić information content (AvgIpc) is 3.59. The molecule has 0 spiro atoms. The third kappa shape index (κ3) is 62.6. The maximum absolute atomic E-state index is 13.0. The first-order chi connectivity index (χ1) is 41.7. The Kier molecular flexibility index (Phi) is 57.8. The summed E-state index contributed by atoms with van der Waals surface area (Å²) in [6.07, 6.45) is 42.0. The summed E-state index contributed by atoms with van der Waals surface area (Å²) in [5.41, 5.74) is 0. The van der Waals surface area contributed by atoms with Gasteiger partial charge in [0, 0.05) is 25.7 Å². The number of carbonyl (C=O) groups is 4. The van der Waals surface area contributed by atoms with E-state index in [9.17, 15) is 43.2 Å². The van der Waals surface area contributed by atoms with E-state index in [-0.39, 0.29) is 25.7 Å². The monoisotopic (exact) mass is 1280 g/mol. The Balaban J connectivity index is 5.17. The summed E-state index contributed by atoms with van der Waals surface area (Å²) in [6, 6.07) is 0. The van der Waals surface area contributed by atoms with Crippen molar-refractivity contribution in [3.8, 4) is 0 Å². The van der Waals surface area contributed by atoms with E-state index in [0.717, 1.165) is 109 Å². The molecular weight excluding hydrogens is 1150 g/mol. The largest absolute Gasteiger partial charge is 0.472 e. The van der Waals surface area contributed by atoms with E-state index >= 15 is 0 Å². The number of aliphatic hydroxyl groups excluding tert-OH is 1. The molecule has 0 amide bonds. The second kappa shape index (κ2) is 59.1. The molecule has 3 N–H and O–H groups in total. The van der Waals surface area contributed by atoms with Crippen LogP contribution in [0.2, 0.25) is 0 Å². The molecule has 0 saturated carbocycles. The van der Waals surface area contributed by atoms with Gasteiger partial charge in [-0.1, -0.05) is 286 Å². The quantitative estimate of drug-likeness (QED) is 0.0222. The number of aliphatic hydroxyl groups is 1. The molecule has 19 heteroatoms. The molecule has 0 aliphatic carbocycles. The molecule has 0 fully saturated rings. The van der Waals surface area contributed by atoms with Crippen molar-refractivity contribution in [2.75, 3.05) is 39.6 Å². The second-order valence-corrected chi connectivity index (χ2v) is 28.9. The highest BCUT2D eigenvalue weighted by molar-refractivity contribution is 7.47. The summed E-state index contributed by atoms with van der Waals surface area (Å²) < 4.78 is 68.1. The first-order valence-corrected chi connectivity index (χ1v) is 38.3. The minimum atomic E-state index is -4.95. The van der Waals surface area contributed by atoms with Gasteiger partial charge in [0.2, 0.25) is 0 Å². The molecule has 17 nitrogen and oxygen atoms in total. The Bertz CT molecular complexity index is 1720. The molecule has 0 saturated heterocycles. The van der Waals surface area contributed by atoms with Gasteiger partial charge in [0.25, 0.3) is 0 Å². The highest BCUT2D eigenvalue weighted by Gasteiger charge is 2.30. The van der Waals surface area contributed by atoms with Crippen LogP contribution < -0.4 is 0 Å². The highest BCUT2D eigenvalue weighted by Crippen LogP contribution is 2.45. The van der Waals surface area contributed by atoms with Crippen LogP contribution in [0.3, 0.4) is 0 Å². The number of phosphoric ester groups is 2. The van der Waals surface area contributed by atoms with Crippen LogP contribution in [-0.2, 0) is 65.4 Å². The first kappa shape index (κ1) is 85.1. The topological polar surface area (TPSA) is 237 Å². The lowest BCUT2D eigenvalue weighted by Gasteiger charge is -2.21. The summed E-state index contributed by atoms with van der Waals surface area (Å²) in [5, 5.41) is 10.5. The fourth-order valence-corrected chi connectivity index (χ4v) is 11.8. The average molecular weight is 1280 g/mol. The number of phosphoric acid groups is 2. The smallest absolute Gasteiger partial charge is 0.462 e. The van der Waals surface area contributed by atoms with Crippen LogP contribution in [0.4, 0.5) is 0 Å². The SMILES string of the molecule is CCCCCCCCCCC(=O)OC[C@H](COP(=O)(O)OC[C@H](O)COP(=O)(O)OC[C@@H](COC(=O)CCCCCCCCCC(C)C)OC(=O)CCCCCCCCCCCCCCCCCCC(C)C)OC(=O)CCCCCCCCCC(C)C. The normalized spacial score (nSPS) is 14.3. The number of carbonyl (C=O) groups excluding carboxylic acids is 4. The van der Waals surface area contributed by atoms with Gasteiger partial charge in [0.1, 0.15) is 19.3 Å². The maximum atomic E-state index is 13.0. The third-order valence-corrected chi connectivity index (χ3v) is 17.5. The lowest BCUT2D eigenvalue weighted by molar-refractivity contribution is -0.161. The Morgan fingerprint density at radius 2 is 0.529 bits per heavy atom. The zero-order chi connectivity index (χ0) is 64.5.